The zero-order valence-corrected chi connectivity index (χ0v) is 39.4. The molecule has 5 heteroatoms. The normalized spacial score (nSPS) is 14.0. The molecule has 0 atom stereocenters. The molecule has 0 fully saturated rings. The maximum atomic E-state index is 7.00. The molecule has 5 nitrogen and oxygen atoms in total. The van der Waals surface area contributed by atoms with E-state index in [2.05, 4.69) is 227 Å². The number of anilines is 4. The molecular formula is C56H66N4O. The van der Waals surface area contributed by atoms with E-state index in [0.29, 0.717) is 6.67 Å². The van der Waals surface area contributed by atoms with Crippen molar-refractivity contribution in [2.75, 3.05) is 16.5 Å². The van der Waals surface area contributed by atoms with E-state index in [9.17, 15) is 0 Å². The van der Waals surface area contributed by atoms with Crippen molar-refractivity contribution in [1.82, 2.24) is 9.55 Å². The average molecular weight is 811 g/mol. The van der Waals surface area contributed by atoms with Crippen LogP contribution >= 0.6 is 0 Å². The van der Waals surface area contributed by atoms with Crippen LogP contribution in [0.2, 0.25) is 0 Å². The Hall–Kier alpha value is -5.55. The third-order valence-electron chi connectivity index (χ3n) is 12.5. The molecule has 3 heterocycles. The Balaban J connectivity index is 1.26. The summed E-state index contributed by atoms with van der Waals surface area (Å²) in [6.45, 7) is 35.1. The first-order valence-electron chi connectivity index (χ1n) is 22.1. The van der Waals surface area contributed by atoms with Crippen LogP contribution in [0.3, 0.4) is 0 Å². The van der Waals surface area contributed by atoms with Crippen molar-refractivity contribution in [3.05, 3.63) is 143 Å². The van der Waals surface area contributed by atoms with Crippen LogP contribution in [0.5, 0.6) is 11.5 Å². The number of para-hydroxylation sites is 1. The smallest absolute Gasteiger partial charge is 0.137 e. The summed E-state index contributed by atoms with van der Waals surface area (Å²) in [5.41, 5.74) is 13.3. The topological polar surface area (TPSA) is 33.5 Å². The van der Waals surface area contributed by atoms with Crippen molar-refractivity contribution in [3.8, 4) is 17.3 Å². The van der Waals surface area contributed by atoms with E-state index in [-0.39, 0.29) is 27.1 Å². The summed E-state index contributed by atoms with van der Waals surface area (Å²) in [5, 5.41) is 2.36. The summed E-state index contributed by atoms with van der Waals surface area (Å²) < 4.78 is 9.28. The Morgan fingerprint density at radius 1 is 0.426 bits per heavy atom. The summed E-state index contributed by atoms with van der Waals surface area (Å²) in [6.07, 6.45) is 1.93. The lowest BCUT2D eigenvalue weighted by atomic mass is 9.80. The molecule has 0 N–H and O–H groups in total. The molecule has 1 aliphatic heterocycles. The fourth-order valence-corrected chi connectivity index (χ4v) is 8.44. The van der Waals surface area contributed by atoms with Crippen molar-refractivity contribution >= 4 is 44.6 Å². The minimum absolute atomic E-state index is 0.00593. The predicted molar refractivity (Wildman–Crippen MR) is 261 cm³/mol. The fourth-order valence-electron chi connectivity index (χ4n) is 8.44. The summed E-state index contributed by atoms with van der Waals surface area (Å²) >= 11 is 0. The highest BCUT2D eigenvalue weighted by molar-refractivity contribution is 6.09. The van der Waals surface area contributed by atoms with Crippen LogP contribution < -0.4 is 14.5 Å². The van der Waals surface area contributed by atoms with Crippen LogP contribution in [0.15, 0.2) is 115 Å². The molecule has 316 valence electrons. The van der Waals surface area contributed by atoms with Crippen molar-refractivity contribution in [3.63, 3.8) is 0 Å². The van der Waals surface area contributed by atoms with E-state index in [0.717, 1.165) is 34.0 Å². The highest BCUT2D eigenvalue weighted by Crippen LogP contribution is 2.49. The first-order chi connectivity index (χ1) is 28.4. The minimum Gasteiger partial charge on any atom is -0.457 e. The number of hydrogen-bond donors (Lipinski definition) is 0. The average Bonchev–Trinajstić information content (AvgIpc) is 3.72. The molecule has 0 spiro atoms. The zero-order valence-electron chi connectivity index (χ0n) is 39.4. The number of nitrogens with zero attached hydrogens (tertiary/aromatic N) is 4. The van der Waals surface area contributed by atoms with Gasteiger partial charge < -0.3 is 14.5 Å². The highest BCUT2D eigenvalue weighted by atomic mass is 16.5. The second-order valence-corrected chi connectivity index (χ2v) is 22.5. The number of fused-ring (bicyclic) bond motifs is 4. The number of ether oxygens (including phenoxy) is 1. The number of aromatic nitrogens is 2. The van der Waals surface area contributed by atoms with Gasteiger partial charge in [-0.1, -0.05) is 134 Å². The second-order valence-electron chi connectivity index (χ2n) is 22.5. The van der Waals surface area contributed by atoms with E-state index in [4.69, 9.17) is 9.72 Å². The summed E-state index contributed by atoms with van der Waals surface area (Å²) in [6, 6.07) is 40.6. The second kappa shape index (κ2) is 14.5. The first-order valence-corrected chi connectivity index (χ1v) is 22.1. The molecule has 7 aromatic rings. The molecule has 8 rings (SSSR count). The molecule has 0 amide bonds. The standard InChI is InChI=1S/C56H66N4O/c1-52(2,3)36-20-23-48-50(31-36)59(35-58(48)41-27-38(54(7,8)9)26-39(28-41)55(10,11)12)42-29-40(56(13,14)15)30-44(33-42)61-43-21-22-46-45-18-16-17-19-47(45)60(49(46)34-43)51-32-37(24-25-57-51)53(4,5)6/h16-34H,35H2,1-15H3. The molecule has 1 aliphatic rings. The quantitative estimate of drug-likeness (QED) is 0.173. The van der Waals surface area contributed by atoms with Gasteiger partial charge in [0.2, 0.25) is 0 Å². The van der Waals surface area contributed by atoms with Crippen LogP contribution in [-0.4, -0.2) is 16.2 Å². The molecular weight excluding hydrogens is 745 g/mol. The maximum Gasteiger partial charge on any atom is 0.137 e. The van der Waals surface area contributed by atoms with Gasteiger partial charge in [-0.05, 0) is 122 Å². The van der Waals surface area contributed by atoms with Crippen LogP contribution in [0.4, 0.5) is 22.7 Å². The molecule has 0 saturated heterocycles. The van der Waals surface area contributed by atoms with Crippen molar-refractivity contribution in [1.29, 1.82) is 0 Å². The van der Waals surface area contributed by atoms with Gasteiger partial charge in [0.1, 0.15) is 24.0 Å². The lowest BCUT2D eigenvalue weighted by molar-refractivity contribution is 0.479. The van der Waals surface area contributed by atoms with Crippen molar-refractivity contribution in [2.45, 2.75) is 131 Å². The number of benzene rings is 5. The number of pyridine rings is 1. The highest BCUT2D eigenvalue weighted by Gasteiger charge is 2.33. The van der Waals surface area contributed by atoms with E-state index < -0.39 is 0 Å². The van der Waals surface area contributed by atoms with Gasteiger partial charge in [0.15, 0.2) is 0 Å². The minimum atomic E-state index is -0.119. The van der Waals surface area contributed by atoms with Gasteiger partial charge in [0, 0.05) is 40.5 Å². The van der Waals surface area contributed by atoms with E-state index in [1.807, 2.05) is 6.20 Å². The lowest BCUT2D eigenvalue weighted by Crippen LogP contribution is -2.26. The third kappa shape index (κ3) is 8.16. The van der Waals surface area contributed by atoms with Crippen LogP contribution in [0.25, 0.3) is 27.6 Å². The van der Waals surface area contributed by atoms with Gasteiger partial charge in [-0.25, -0.2) is 4.98 Å². The Morgan fingerprint density at radius 3 is 1.59 bits per heavy atom. The molecule has 0 aliphatic carbocycles. The van der Waals surface area contributed by atoms with Crippen LogP contribution in [0, 0.1) is 0 Å². The van der Waals surface area contributed by atoms with Gasteiger partial charge in [0.25, 0.3) is 0 Å². The Morgan fingerprint density at radius 2 is 0.967 bits per heavy atom. The van der Waals surface area contributed by atoms with Gasteiger partial charge in [0.05, 0.1) is 22.4 Å². The SMILES string of the molecule is CC(C)(C)c1cc(Oc2ccc3c4ccccc4n(-c4cc(C(C)(C)C)ccn4)c3c2)cc(N2CN(c3cc(C(C)(C)C)cc(C(C)(C)C)c3)c3ccc(C(C)(C)C)cc32)c1. The van der Waals surface area contributed by atoms with Crippen LogP contribution in [0.1, 0.15) is 132 Å². The predicted octanol–water partition coefficient (Wildman–Crippen LogP) is 15.7. The van der Waals surface area contributed by atoms with E-state index >= 15 is 0 Å². The Kier molecular flexibility index (Phi) is 10.0. The van der Waals surface area contributed by atoms with Gasteiger partial charge >= 0.3 is 0 Å². The molecule has 0 saturated carbocycles. The van der Waals surface area contributed by atoms with Crippen molar-refractivity contribution < 1.29 is 4.74 Å². The van der Waals surface area contributed by atoms with Crippen molar-refractivity contribution in [2.24, 2.45) is 0 Å². The Bertz CT molecular complexity index is 2760. The molecule has 0 unspecified atom stereocenters. The number of rotatable bonds is 5. The molecule has 5 aromatic carbocycles. The Labute approximate surface area is 365 Å². The van der Waals surface area contributed by atoms with E-state index in [1.54, 1.807) is 0 Å². The van der Waals surface area contributed by atoms with E-state index in [1.165, 1.54) is 55.7 Å². The zero-order chi connectivity index (χ0) is 44.0. The van der Waals surface area contributed by atoms with Crippen LogP contribution in [-0.2, 0) is 27.1 Å². The summed E-state index contributed by atoms with van der Waals surface area (Å²) in [4.78, 5) is 9.91. The molecule has 0 radical (unpaired) electrons. The third-order valence-corrected chi connectivity index (χ3v) is 12.5. The van der Waals surface area contributed by atoms with Gasteiger partial charge in [-0.2, -0.15) is 0 Å². The monoisotopic (exact) mass is 811 g/mol. The summed E-state index contributed by atoms with van der Waals surface area (Å²) in [7, 11) is 0. The first kappa shape index (κ1) is 42.2. The molecule has 0 bridgehead atoms. The van der Waals surface area contributed by atoms with Gasteiger partial charge in [-0.15, -0.1) is 0 Å². The van der Waals surface area contributed by atoms with Gasteiger partial charge in [-0.3, -0.25) is 4.57 Å². The maximum absolute atomic E-state index is 7.00. The largest absolute Gasteiger partial charge is 0.457 e. The number of hydrogen-bond acceptors (Lipinski definition) is 4. The fraction of sp³-hybridized carbons (Fsp3) is 0.375. The summed E-state index contributed by atoms with van der Waals surface area (Å²) in [5.74, 6) is 2.50. The molecule has 61 heavy (non-hydrogen) atoms. The molecule has 2 aromatic heterocycles. The lowest BCUT2D eigenvalue weighted by Gasteiger charge is -2.29.